The van der Waals surface area contributed by atoms with E-state index < -0.39 is 0 Å². The zero-order chi connectivity index (χ0) is 15.4. The molecule has 2 aliphatic rings. The first-order chi connectivity index (χ1) is 10.8. The van der Waals surface area contributed by atoms with E-state index in [1.165, 1.54) is 49.9 Å². The van der Waals surface area contributed by atoms with Crippen molar-refractivity contribution in [1.82, 2.24) is 9.88 Å². The van der Waals surface area contributed by atoms with E-state index in [2.05, 4.69) is 35.9 Å². The molecule has 1 atom stereocenters. The van der Waals surface area contributed by atoms with Crippen LogP contribution in [0.4, 0.5) is 5.82 Å². The third-order valence-electron chi connectivity index (χ3n) is 4.89. The molecule has 1 aromatic rings. The summed E-state index contributed by atoms with van der Waals surface area (Å²) in [7, 11) is 0. The number of anilines is 1. The lowest BCUT2D eigenvalue weighted by molar-refractivity contribution is 0.122. The third-order valence-corrected chi connectivity index (χ3v) is 4.89. The molecule has 2 saturated heterocycles. The van der Waals surface area contributed by atoms with E-state index in [4.69, 9.17) is 9.72 Å². The van der Waals surface area contributed by atoms with E-state index in [9.17, 15) is 0 Å². The Morgan fingerprint density at radius 3 is 2.77 bits per heavy atom. The number of aromatic nitrogens is 1. The molecular weight excluding hydrogens is 274 g/mol. The summed E-state index contributed by atoms with van der Waals surface area (Å²) in [5, 5.41) is 0. The average Bonchev–Trinajstić information content (AvgIpc) is 2.56. The summed E-state index contributed by atoms with van der Waals surface area (Å²) in [4.78, 5) is 9.82. The Morgan fingerprint density at radius 2 is 2.05 bits per heavy atom. The summed E-state index contributed by atoms with van der Waals surface area (Å²) >= 11 is 0. The summed E-state index contributed by atoms with van der Waals surface area (Å²) in [6, 6.07) is 2.94. The second kappa shape index (κ2) is 7.42. The van der Waals surface area contributed by atoms with Crippen molar-refractivity contribution in [3.63, 3.8) is 0 Å². The fourth-order valence-electron chi connectivity index (χ4n) is 3.80. The Hall–Kier alpha value is -1.13. The normalized spacial score (nSPS) is 23.7. The third kappa shape index (κ3) is 3.44. The van der Waals surface area contributed by atoms with Gasteiger partial charge < -0.3 is 9.64 Å². The largest absolute Gasteiger partial charge is 0.378 e. The molecule has 0 aliphatic carbocycles. The lowest BCUT2D eigenvalue weighted by atomic mass is 9.95. The maximum Gasteiger partial charge on any atom is 0.131 e. The molecule has 0 aromatic carbocycles. The first-order valence-corrected chi connectivity index (χ1v) is 8.83. The Labute approximate surface area is 134 Å². The van der Waals surface area contributed by atoms with Crippen molar-refractivity contribution in [3.05, 3.63) is 23.4 Å². The van der Waals surface area contributed by atoms with Gasteiger partial charge in [0.05, 0.1) is 13.2 Å². The highest BCUT2D eigenvalue weighted by molar-refractivity contribution is 5.48. The molecule has 0 amide bonds. The van der Waals surface area contributed by atoms with Gasteiger partial charge in [-0.15, -0.1) is 0 Å². The van der Waals surface area contributed by atoms with Gasteiger partial charge in [0.2, 0.25) is 0 Å². The van der Waals surface area contributed by atoms with Crippen LogP contribution in [0.2, 0.25) is 0 Å². The second-order valence-corrected chi connectivity index (χ2v) is 6.56. The van der Waals surface area contributed by atoms with Crippen LogP contribution in [0.15, 0.2) is 12.3 Å². The molecule has 22 heavy (non-hydrogen) atoms. The number of rotatable bonds is 4. The predicted octanol–water partition coefficient (Wildman–Crippen LogP) is 3.16. The zero-order valence-electron chi connectivity index (χ0n) is 14.1. The van der Waals surface area contributed by atoms with Gasteiger partial charge in [-0.1, -0.05) is 13.3 Å². The molecule has 0 spiro atoms. The Balaban J connectivity index is 1.78. The van der Waals surface area contributed by atoms with E-state index >= 15 is 0 Å². The Kier molecular flexibility index (Phi) is 5.32. The first-order valence-electron chi connectivity index (χ1n) is 8.83. The minimum absolute atomic E-state index is 0.568. The van der Waals surface area contributed by atoms with Gasteiger partial charge in [-0.05, 0) is 56.5 Å². The average molecular weight is 303 g/mol. The number of aryl methyl sites for hydroxylation is 1. The molecule has 4 nitrogen and oxygen atoms in total. The van der Waals surface area contributed by atoms with Crippen LogP contribution in [0.1, 0.15) is 49.8 Å². The Bertz CT molecular complexity index is 483. The maximum absolute atomic E-state index is 5.44. The fourth-order valence-corrected chi connectivity index (χ4v) is 3.80. The van der Waals surface area contributed by atoms with Crippen LogP contribution in [-0.2, 0) is 4.74 Å². The zero-order valence-corrected chi connectivity index (χ0v) is 14.1. The summed E-state index contributed by atoms with van der Waals surface area (Å²) in [5.74, 6) is 1.14. The van der Waals surface area contributed by atoms with E-state index in [-0.39, 0.29) is 0 Å². The molecule has 0 unspecified atom stereocenters. The SMILES string of the molecule is CCCN1CCCC[C@@H]1c1cnc(N2CCOCC2)c(C)c1. The van der Waals surface area contributed by atoms with Gasteiger partial charge in [0.25, 0.3) is 0 Å². The van der Waals surface area contributed by atoms with Crippen LogP contribution in [0.25, 0.3) is 0 Å². The van der Waals surface area contributed by atoms with E-state index in [1.807, 2.05) is 0 Å². The number of likely N-dealkylation sites (tertiary alicyclic amines) is 1. The van der Waals surface area contributed by atoms with Crippen molar-refractivity contribution in [3.8, 4) is 0 Å². The number of nitrogens with zero attached hydrogens (tertiary/aromatic N) is 3. The fraction of sp³-hybridized carbons (Fsp3) is 0.722. The maximum atomic E-state index is 5.44. The molecule has 3 rings (SSSR count). The van der Waals surface area contributed by atoms with E-state index in [0.29, 0.717) is 6.04 Å². The molecule has 0 N–H and O–H groups in total. The van der Waals surface area contributed by atoms with Crippen molar-refractivity contribution in [2.75, 3.05) is 44.3 Å². The van der Waals surface area contributed by atoms with Crippen LogP contribution >= 0.6 is 0 Å². The lowest BCUT2D eigenvalue weighted by Gasteiger charge is -2.36. The van der Waals surface area contributed by atoms with Crippen LogP contribution in [0.3, 0.4) is 0 Å². The second-order valence-electron chi connectivity index (χ2n) is 6.56. The Morgan fingerprint density at radius 1 is 1.23 bits per heavy atom. The molecule has 4 heteroatoms. The highest BCUT2D eigenvalue weighted by Gasteiger charge is 2.24. The summed E-state index contributed by atoms with van der Waals surface area (Å²) < 4.78 is 5.44. The van der Waals surface area contributed by atoms with Crippen molar-refractivity contribution >= 4 is 5.82 Å². The molecule has 1 aromatic heterocycles. The minimum atomic E-state index is 0.568. The van der Waals surface area contributed by atoms with E-state index in [0.717, 1.165) is 32.1 Å². The van der Waals surface area contributed by atoms with Gasteiger partial charge in [0.15, 0.2) is 0 Å². The number of hydrogen-bond donors (Lipinski definition) is 0. The number of pyridine rings is 1. The van der Waals surface area contributed by atoms with Crippen LogP contribution in [0, 0.1) is 6.92 Å². The summed E-state index contributed by atoms with van der Waals surface area (Å²) in [5.41, 5.74) is 2.71. The topological polar surface area (TPSA) is 28.6 Å². The quantitative estimate of drug-likeness (QED) is 0.854. The number of hydrogen-bond acceptors (Lipinski definition) is 4. The van der Waals surface area contributed by atoms with Gasteiger partial charge in [0.1, 0.15) is 5.82 Å². The molecule has 2 fully saturated rings. The van der Waals surface area contributed by atoms with Gasteiger partial charge in [-0.25, -0.2) is 4.98 Å². The predicted molar refractivity (Wildman–Crippen MR) is 90.5 cm³/mol. The number of ether oxygens (including phenoxy) is 1. The number of piperidine rings is 1. The van der Waals surface area contributed by atoms with Crippen molar-refractivity contribution < 1.29 is 4.74 Å². The summed E-state index contributed by atoms with van der Waals surface area (Å²) in [6.45, 7) is 10.5. The monoisotopic (exact) mass is 303 g/mol. The van der Waals surface area contributed by atoms with Gasteiger partial charge in [-0.3, -0.25) is 4.90 Å². The molecule has 2 aliphatic heterocycles. The molecule has 3 heterocycles. The first kappa shape index (κ1) is 15.8. The van der Waals surface area contributed by atoms with Crippen molar-refractivity contribution in [2.24, 2.45) is 0 Å². The smallest absolute Gasteiger partial charge is 0.131 e. The molecular formula is C18H29N3O. The minimum Gasteiger partial charge on any atom is -0.378 e. The van der Waals surface area contributed by atoms with Crippen LogP contribution in [-0.4, -0.2) is 49.3 Å². The molecule has 0 radical (unpaired) electrons. The lowest BCUT2D eigenvalue weighted by Crippen LogP contribution is -2.37. The number of morpholine rings is 1. The molecule has 122 valence electrons. The van der Waals surface area contributed by atoms with Crippen molar-refractivity contribution in [1.29, 1.82) is 0 Å². The standard InChI is InChI=1S/C18H29N3O/c1-3-7-20-8-5-4-6-17(20)16-13-15(2)18(19-14-16)21-9-11-22-12-10-21/h13-14,17H,3-12H2,1-2H3/t17-/m1/s1. The van der Waals surface area contributed by atoms with E-state index in [1.54, 1.807) is 0 Å². The van der Waals surface area contributed by atoms with Gasteiger partial charge in [-0.2, -0.15) is 0 Å². The van der Waals surface area contributed by atoms with Gasteiger partial charge >= 0.3 is 0 Å². The highest BCUT2D eigenvalue weighted by atomic mass is 16.5. The molecule has 0 saturated carbocycles. The highest BCUT2D eigenvalue weighted by Crippen LogP contribution is 2.32. The van der Waals surface area contributed by atoms with Gasteiger partial charge in [0, 0.05) is 25.3 Å². The van der Waals surface area contributed by atoms with Crippen molar-refractivity contribution in [2.45, 2.75) is 45.6 Å². The summed E-state index contributed by atoms with van der Waals surface area (Å²) in [6.07, 6.45) is 7.31. The van der Waals surface area contributed by atoms with Crippen LogP contribution in [0.5, 0.6) is 0 Å². The molecule has 0 bridgehead atoms. The van der Waals surface area contributed by atoms with Crippen LogP contribution < -0.4 is 4.90 Å².